The van der Waals surface area contributed by atoms with Gasteiger partial charge in [0.25, 0.3) is 0 Å². The highest BCUT2D eigenvalue weighted by Gasteiger charge is 2.30. The maximum Gasteiger partial charge on any atom is 0.0453 e. The SMILES string of the molecule is CCCNC1c2cccc(Br)c2SC1C. The van der Waals surface area contributed by atoms with E-state index >= 15 is 0 Å². The lowest BCUT2D eigenvalue weighted by atomic mass is 10.0. The fraction of sp³-hybridized carbons (Fsp3) is 0.500. The molecule has 0 spiro atoms. The monoisotopic (exact) mass is 285 g/mol. The van der Waals surface area contributed by atoms with E-state index in [1.165, 1.54) is 21.4 Å². The van der Waals surface area contributed by atoms with Gasteiger partial charge in [0.1, 0.15) is 0 Å². The lowest BCUT2D eigenvalue weighted by Crippen LogP contribution is -2.26. The molecule has 1 aliphatic heterocycles. The van der Waals surface area contributed by atoms with Crippen molar-refractivity contribution in [2.75, 3.05) is 6.54 Å². The minimum Gasteiger partial charge on any atom is -0.309 e. The molecule has 15 heavy (non-hydrogen) atoms. The Morgan fingerprint density at radius 3 is 3.00 bits per heavy atom. The lowest BCUT2D eigenvalue weighted by molar-refractivity contribution is 0.532. The van der Waals surface area contributed by atoms with E-state index in [0.717, 1.165) is 6.54 Å². The molecule has 1 nitrogen and oxygen atoms in total. The van der Waals surface area contributed by atoms with Gasteiger partial charge in [-0.25, -0.2) is 0 Å². The quantitative estimate of drug-likeness (QED) is 0.902. The molecule has 0 fully saturated rings. The molecule has 0 saturated carbocycles. The number of fused-ring (bicyclic) bond motifs is 1. The summed E-state index contributed by atoms with van der Waals surface area (Å²) in [6.45, 7) is 5.60. The van der Waals surface area contributed by atoms with Crippen molar-refractivity contribution in [3.63, 3.8) is 0 Å². The molecule has 1 N–H and O–H groups in total. The predicted molar refractivity (Wildman–Crippen MR) is 70.5 cm³/mol. The van der Waals surface area contributed by atoms with Gasteiger partial charge in [-0.3, -0.25) is 0 Å². The third-order valence-electron chi connectivity index (χ3n) is 2.72. The van der Waals surface area contributed by atoms with Crippen LogP contribution in [0.2, 0.25) is 0 Å². The molecule has 1 aromatic carbocycles. The summed E-state index contributed by atoms with van der Waals surface area (Å²) in [6, 6.07) is 7.01. The molecule has 0 bridgehead atoms. The minimum atomic E-state index is 0.516. The molecule has 2 rings (SSSR count). The largest absolute Gasteiger partial charge is 0.309 e. The number of nitrogens with one attached hydrogen (secondary N) is 1. The van der Waals surface area contributed by atoms with Crippen molar-refractivity contribution in [1.82, 2.24) is 5.32 Å². The zero-order valence-corrected chi connectivity index (χ0v) is 11.5. The summed E-state index contributed by atoms with van der Waals surface area (Å²) < 4.78 is 1.23. The Bertz CT molecular complexity index is 353. The van der Waals surface area contributed by atoms with Crippen molar-refractivity contribution in [3.8, 4) is 0 Å². The number of hydrogen-bond donors (Lipinski definition) is 1. The molecule has 0 amide bonds. The highest BCUT2D eigenvalue weighted by Crippen LogP contribution is 2.47. The molecule has 2 atom stereocenters. The van der Waals surface area contributed by atoms with Crippen LogP contribution < -0.4 is 5.32 Å². The highest BCUT2D eigenvalue weighted by atomic mass is 79.9. The second-order valence-electron chi connectivity index (χ2n) is 3.91. The van der Waals surface area contributed by atoms with Crippen LogP contribution in [0, 0.1) is 0 Å². The summed E-state index contributed by atoms with van der Waals surface area (Å²) >= 11 is 5.59. The van der Waals surface area contributed by atoms with E-state index in [1.807, 2.05) is 11.8 Å². The van der Waals surface area contributed by atoms with E-state index in [9.17, 15) is 0 Å². The van der Waals surface area contributed by atoms with Gasteiger partial charge in [-0.05, 0) is 40.5 Å². The smallest absolute Gasteiger partial charge is 0.0453 e. The molecular weight excluding hydrogens is 270 g/mol. The van der Waals surface area contributed by atoms with Gasteiger partial charge in [0.05, 0.1) is 0 Å². The number of halogens is 1. The van der Waals surface area contributed by atoms with Crippen molar-refractivity contribution >= 4 is 27.7 Å². The van der Waals surface area contributed by atoms with Crippen molar-refractivity contribution in [2.24, 2.45) is 0 Å². The van der Waals surface area contributed by atoms with Gasteiger partial charge in [-0.2, -0.15) is 0 Å². The zero-order chi connectivity index (χ0) is 10.8. The molecule has 3 heteroatoms. The van der Waals surface area contributed by atoms with Gasteiger partial charge in [-0.15, -0.1) is 11.8 Å². The Hall–Kier alpha value is 0.01000. The first-order valence-corrected chi connectivity index (χ1v) is 7.09. The zero-order valence-electron chi connectivity index (χ0n) is 9.09. The number of thioether (sulfide) groups is 1. The average molecular weight is 286 g/mol. The van der Waals surface area contributed by atoms with Crippen LogP contribution in [0.25, 0.3) is 0 Å². The standard InChI is InChI=1S/C12H16BrNS/c1-3-7-14-11-8(2)15-12-9(11)5-4-6-10(12)13/h4-6,8,11,14H,3,7H2,1-2H3. The van der Waals surface area contributed by atoms with E-state index in [0.29, 0.717) is 11.3 Å². The van der Waals surface area contributed by atoms with Crippen LogP contribution >= 0.6 is 27.7 Å². The molecule has 1 heterocycles. The summed E-state index contributed by atoms with van der Waals surface area (Å²) in [4.78, 5) is 1.42. The summed E-state index contributed by atoms with van der Waals surface area (Å²) in [5.74, 6) is 0. The first-order chi connectivity index (χ1) is 7.24. The summed E-state index contributed by atoms with van der Waals surface area (Å²) in [7, 11) is 0. The van der Waals surface area contributed by atoms with Crippen LogP contribution in [-0.2, 0) is 0 Å². The van der Waals surface area contributed by atoms with E-state index in [-0.39, 0.29) is 0 Å². The Morgan fingerprint density at radius 1 is 1.47 bits per heavy atom. The molecule has 82 valence electrons. The summed E-state index contributed by atoms with van der Waals surface area (Å²) in [5.41, 5.74) is 1.45. The predicted octanol–water partition coefficient (Wildman–Crippen LogP) is 3.98. The number of rotatable bonds is 3. The van der Waals surface area contributed by atoms with Crippen molar-refractivity contribution < 1.29 is 0 Å². The van der Waals surface area contributed by atoms with Crippen LogP contribution in [0.5, 0.6) is 0 Å². The number of benzene rings is 1. The molecular formula is C12H16BrNS. The van der Waals surface area contributed by atoms with Gasteiger partial charge in [0.2, 0.25) is 0 Å². The molecule has 0 saturated heterocycles. The average Bonchev–Trinajstić information content (AvgIpc) is 2.54. The molecule has 1 aromatic rings. The van der Waals surface area contributed by atoms with Crippen LogP contribution in [0.4, 0.5) is 0 Å². The molecule has 1 aliphatic rings. The van der Waals surface area contributed by atoms with E-state index in [2.05, 4.69) is 53.3 Å². The van der Waals surface area contributed by atoms with Crippen LogP contribution in [0.3, 0.4) is 0 Å². The normalized spacial score (nSPS) is 24.2. The second-order valence-corrected chi connectivity index (χ2v) is 6.15. The van der Waals surface area contributed by atoms with Crippen LogP contribution in [-0.4, -0.2) is 11.8 Å². The van der Waals surface area contributed by atoms with E-state index < -0.39 is 0 Å². The van der Waals surface area contributed by atoms with Crippen molar-refractivity contribution in [2.45, 2.75) is 36.5 Å². The maximum absolute atomic E-state index is 3.62. The fourth-order valence-corrected chi connectivity index (χ4v) is 3.90. The van der Waals surface area contributed by atoms with Crippen molar-refractivity contribution in [1.29, 1.82) is 0 Å². The summed E-state index contributed by atoms with van der Waals surface area (Å²) in [5, 5.41) is 4.25. The van der Waals surface area contributed by atoms with Gasteiger partial charge < -0.3 is 5.32 Å². The Balaban J connectivity index is 2.25. The lowest BCUT2D eigenvalue weighted by Gasteiger charge is -2.17. The van der Waals surface area contributed by atoms with Gasteiger partial charge >= 0.3 is 0 Å². The van der Waals surface area contributed by atoms with Gasteiger partial charge in [0, 0.05) is 20.7 Å². The minimum absolute atomic E-state index is 0.516. The van der Waals surface area contributed by atoms with E-state index in [4.69, 9.17) is 0 Å². The fourth-order valence-electron chi connectivity index (χ4n) is 1.98. The maximum atomic E-state index is 3.62. The third-order valence-corrected chi connectivity index (χ3v) is 4.98. The molecule has 0 aromatic heterocycles. The van der Waals surface area contributed by atoms with E-state index in [1.54, 1.807) is 0 Å². The van der Waals surface area contributed by atoms with Crippen molar-refractivity contribution in [3.05, 3.63) is 28.2 Å². The highest BCUT2D eigenvalue weighted by molar-refractivity contribution is 9.10. The molecule has 0 radical (unpaired) electrons. The molecule has 2 unspecified atom stereocenters. The van der Waals surface area contributed by atoms with Gasteiger partial charge in [0.15, 0.2) is 0 Å². The topological polar surface area (TPSA) is 12.0 Å². The summed E-state index contributed by atoms with van der Waals surface area (Å²) in [6.07, 6.45) is 1.19. The Labute approximate surface area is 104 Å². The first kappa shape index (κ1) is 11.5. The second kappa shape index (κ2) is 4.89. The Kier molecular flexibility index (Phi) is 3.75. The Morgan fingerprint density at radius 2 is 2.27 bits per heavy atom. The van der Waals surface area contributed by atoms with Crippen LogP contribution in [0.15, 0.2) is 27.6 Å². The van der Waals surface area contributed by atoms with Crippen LogP contribution in [0.1, 0.15) is 31.9 Å². The molecule has 0 aliphatic carbocycles. The number of hydrogen-bond acceptors (Lipinski definition) is 2. The third kappa shape index (κ3) is 2.24. The van der Waals surface area contributed by atoms with Gasteiger partial charge in [-0.1, -0.05) is 26.0 Å². The first-order valence-electron chi connectivity index (χ1n) is 5.42.